The van der Waals surface area contributed by atoms with Crippen LogP contribution >= 0.6 is 0 Å². The van der Waals surface area contributed by atoms with Crippen molar-refractivity contribution in [3.05, 3.63) is 35.3 Å². The lowest BCUT2D eigenvalue weighted by Crippen LogP contribution is -2.36. The molecule has 1 aromatic heterocycles. The highest BCUT2D eigenvalue weighted by Gasteiger charge is 2.50. The topological polar surface area (TPSA) is 102 Å². The maximum Gasteiger partial charge on any atom is 0.534 e. The quantitative estimate of drug-likeness (QED) is 0.421. The second kappa shape index (κ2) is 8.39. The number of fused-ring (bicyclic) bond motifs is 3. The fourth-order valence-corrected chi connectivity index (χ4v) is 5.92. The number of carbonyl (C=O) groups excluding carboxylic acids is 1. The lowest BCUT2D eigenvalue weighted by atomic mass is 9.73. The van der Waals surface area contributed by atoms with Crippen LogP contribution in [0.2, 0.25) is 0 Å². The second-order valence-corrected chi connectivity index (χ2v) is 12.2. The van der Waals surface area contributed by atoms with Crippen LogP contribution in [0.5, 0.6) is 5.75 Å². The first-order chi connectivity index (χ1) is 16.7. The number of hydrogen-bond acceptors (Lipinski definition) is 6. The maximum absolute atomic E-state index is 12.9. The van der Waals surface area contributed by atoms with Crippen LogP contribution in [-0.4, -0.2) is 47.0 Å². The number of H-pyrrole nitrogens is 1. The van der Waals surface area contributed by atoms with Gasteiger partial charge in [-0.1, -0.05) is 0 Å². The number of nitrogens with one attached hydrogen (secondary N) is 1. The Labute approximate surface area is 207 Å². The van der Waals surface area contributed by atoms with E-state index in [4.69, 9.17) is 9.72 Å². The zero-order valence-electron chi connectivity index (χ0n) is 20.2. The molecule has 1 aromatic carbocycles. The molecule has 5 rings (SSSR count). The van der Waals surface area contributed by atoms with E-state index in [-0.39, 0.29) is 23.6 Å². The second-order valence-electron chi connectivity index (χ2n) is 10.6. The predicted molar refractivity (Wildman–Crippen MR) is 124 cm³/mol. The van der Waals surface area contributed by atoms with Crippen molar-refractivity contribution in [3.63, 3.8) is 0 Å². The molecule has 0 bridgehead atoms. The first kappa shape index (κ1) is 24.9. The number of likely N-dealkylation sites (tertiary alicyclic amines) is 1. The highest BCUT2D eigenvalue weighted by molar-refractivity contribution is 7.88. The summed E-state index contributed by atoms with van der Waals surface area (Å²) in [6.07, 6.45) is 5.08. The highest BCUT2D eigenvalue weighted by atomic mass is 32.2. The minimum absolute atomic E-state index is 0.122. The number of hydrogen-bond donors (Lipinski definition) is 1. The van der Waals surface area contributed by atoms with Gasteiger partial charge in [0.2, 0.25) is 0 Å². The van der Waals surface area contributed by atoms with Crippen molar-refractivity contribution in [3.8, 4) is 17.0 Å². The summed E-state index contributed by atoms with van der Waals surface area (Å²) in [6.45, 7) is 5.97. The van der Waals surface area contributed by atoms with Crippen LogP contribution < -0.4 is 4.18 Å². The molecule has 196 valence electrons. The van der Waals surface area contributed by atoms with Crippen molar-refractivity contribution in [1.29, 1.82) is 0 Å². The van der Waals surface area contributed by atoms with Gasteiger partial charge >= 0.3 is 21.7 Å². The van der Waals surface area contributed by atoms with Gasteiger partial charge in [-0.3, -0.25) is 4.90 Å². The summed E-state index contributed by atoms with van der Waals surface area (Å²) >= 11 is 0. The molecule has 3 aliphatic rings. The summed E-state index contributed by atoms with van der Waals surface area (Å²) in [4.78, 5) is 22.3. The van der Waals surface area contributed by atoms with E-state index in [2.05, 4.69) is 9.17 Å². The van der Waals surface area contributed by atoms with E-state index >= 15 is 0 Å². The summed E-state index contributed by atoms with van der Waals surface area (Å²) < 4.78 is 72.3. The number of amides is 1. The first-order valence-electron chi connectivity index (χ1n) is 12.0. The number of nitrogens with zero attached hydrogens (tertiary/aromatic N) is 2. The number of aromatic amines is 1. The van der Waals surface area contributed by atoms with Crippen molar-refractivity contribution in [2.75, 3.05) is 6.54 Å². The Bertz CT molecular complexity index is 1300. The third kappa shape index (κ3) is 4.33. The molecule has 0 spiro atoms. The highest BCUT2D eigenvalue weighted by Crippen LogP contribution is 2.56. The summed E-state index contributed by atoms with van der Waals surface area (Å²) in [5.74, 6) is 0.693. The van der Waals surface area contributed by atoms with Gasteiger partial charge < -0.3 is 13.9 Å². The minimum atomic E-state index is -5.77. The molecule has 1 amide bonds. The molecule has 1 N–H and O–H groups in total. The van der Waals surface area contributed by atoms with Crippen molar-refractivity contribution >= 4 is 16.2 Å². The molecule has 8 nitrogen and oxygen atoms in total. The smallest absolute Gasteiger partial charge is 0.444 e. The van der Waals surface area contributed by atoms with Gasteiger partial charge in [-0.05, 0) is 82.4 Å². The minimum Gasteiger partial charge on any atom is -0.444 e. The van der Waals surface area contributed by atoms with Crippen molar-refractivity contribution in [2.45, 2.75) is 75.9 Å². The Balaban J connectivity index is 1.46. The van der Waals surface area contributed by atoms with Crippen LogP contribution in [0, 0.1) is 5.92 Å². The molecule has 1 aliphatic heterocycles. The van der Waals surface area contributed by atoms with Gasteiger partial charge in [-0.25, -0.2) is 9.78 Å². The first-order valence-corrected chi connectivity index (χ1v) is 13.4. The van der Waals surface area contributed by atoms with Gasteiger partial charge in [0.05, 0.1) is 11.7 Å². The fraction of sp³-hybridized carbons (Fsp3) is 0.583. The molecule has 0 radical (unpaired) electrons. The summed E-state index contributed by atoms with van der Waals surface area (Å²) in [6, 6.07) is 2.57. The van der Waals surface area contributed by atoms with Crippen LogP contribution in [0.4, 0.5) is 18.0 Å². The van der Waals surface area contributed by atoms with E-state index in [1.54, 1.807) is 17.2 Å². The Morgan fingerprint density at radius 3 is 2.56 bits per heavy atom. The molecule has 36 heavy (non-hydrogen) atoms. The number of halogens is 3. The normalized spacial score (nSPS) is 23.7. The molecule has 1 saturated carbocycles. The van der Waals surface area contributed by atoms with E-state index in [1.165, 1.54) is 6.07 Å². The Morgan fingerprint density at radius 2 is 1.92 bits per heavy atom. The maximum atomic E-state index is 12.9. The van der Waals surface area contributed by atoms with Crippen LogP contribution in [0.25, 0.3) is 11.3 Å². The predicted octanol–water partition coefficient (Wildman–Crippen LogP) is 5.43. The Kier molecular flexibility index (Phi) is 5.81. The van der Waals surface area contributed by atoms with E-state index < -0.39 is 27.3 Å². The summed E-state index contributed by atoms with van der Waals surface area (Å²) in [5, 5.41) is 0. The number of alkyl halides is 3. The average molecular weight is 528 g/mol. The summed E-state index contributed by atoms with van der Waals surface area (Å²) in [7, 11) is -5.77. The van der Waals surface area contributed by atoms with Gasteiger partial charge in [-0.2, -0.15) is 21.6 Å². The lowest BCUT2D eigenvalue weighted by molar-refractivity contribution is -0.0500. The molecule has 2 unspecified atom stereocenters. The third-order valence-corrected chi connectivity index (χ3v) is 8.09. The van der Waals surface area contributed by atoms with Crippen molar-refractivity contribution in [1.82, 2.24) is 14.9 Å². The van der Waals surface area contributed by atoms with Gasteiger partial charge in [0.15, 0.2) is 0 Å². The molecular weight excluding hydrogens is 499 g/mol. The summed E-state index contributed by atoms with van der Waals surface area (Å²) in [5.41, 5.74) is -3.51. The van der Waals surface area contributed by atoms with E-state index in [0.29, 0.717) is 30.0 Å². The molecular formula is C24H28F3N3O5S. The van der Waals surface area contributed by atoms with Crippen molar-refractivity contribution in [2.24, 2.45) is 5.92 Å². The van der Waals surface area contributed by atoms with Gasteiger partial charge in [0.25, 0.3) is 0 Å². The van der Waals surface area contributed by atoms with Gasteiger partial charge in [0, 0.05) is 23.9 Å². The monoisotopic (exact) mass is 527 g/mol. The Morgan fingerprint density at radius 1 is 1.17 bits per heavy atom. The van der Waals surface area contributed by atoms with Crippen LogP contribution in [-0.2, 0) is 21.3 Å². The molecule has 1 saturated heterocycles. The molecule has 12 heteroatoms. The zero-order valence-corrected chi connectivity index (χ0v) is 21.0. The van der Waals surface area contributed by atoms with Gasteiger partial charge in [0.1, 0.15) is 17.2 Å². The standard InChI is InChI=1S/C24H28F3N3O5S/c1-23(2,3)34-22(31)30-10-4-5-18(30)21-28-12-17(29-21)15-8-9-19(35-36(32,33)24(25,26)27)16-11-13-6-7-14(13)20(15)16/h8-9,12-14,18H,4-7,10-11H2,1-3H3,(H,28,29)/t13?,14?,18-/m0/s1. The molecule has 2 aromatic rings. The number of imidazole rings is 1. The van der Waals surface area contributed by atoms with Crippen molar-refractivity contribution < 1.29 is 35.3 Å². The average Bonchev–Trinajstić information content (AvgIpc) is 3.44. The van der Waals surface area contributed by atoms with E-state index in [1.807, 2.05) is 20.8 Å². The van der Waals surface area contributed by atoms with Crippen LogP contribution in [0.15, 0.2) is 18.3 Å². The number of aromatic nitrogens is 2. The number of rotatable bonds is 4. The molecule has 2 aliphatic carbocycles. The fourth-order valence-electron chi connectivity index (χ4n) is 5.44. The number of carbonyl (C=O) groups is 1. The largest absolute Gasteiger partial charge is 0.534 e. The van der Waals surface area contributed by atoms with Crippen LogP contribution in [0.1, 0.15) is 75.4 Å². The van der Waals surface area contributed by atoms with E-state index in [0.717, 1.165) is 36.8 Å². The number of ether oxygens (including phenoxy) is 1. The molecule has 3 atom stereocenters. The van der Waals surface area contributed by atoms with Gasteiger partial charge in [-0.15, -0.1) is 0 Å². The molecule has 2 heterocycles. The SMILES string of the molecule is CC(C)(C)OC(=O)N1CCC[C@H]1c1nc(-c2ccc(OS(=O)(=O)C(F)(F)F)c3c2C2CCC2C3)c[nH]1. The van der Waals surface area contributed by atoms with E-state index in [9.17, 15) is 26.4 Å². The van der Waals surface area contributed by atoms with Crippen LogP contribution in [0.3, 0.4) is 0 Å². The third-order valence-electron chi connectivity index (χ3n) is 7.12. The number of benzene rings is 1. The lowest BCUT2D eigenvalue weighted by Gasteiger charge is -2.31. The molecule has 2 fully saturated rings. The zero-order chi connectivity index (χ0) is 26.0. The Hall–Kier alpha value is -2.76.